The van der Waals surface area contributed by atoms with E-state index in [1.807, 2.05) is 25.1 Å². The molecular weight excluding hydrogens is 222 g/mol. The number of nitrogens with two attached hydrogens (primary N) is 1. The second-order valence-corrected chi connectivity index (χ2v) is 4.80. The summed E-state index contributed by atoms with van der Waals surface area (Å²) in [5, 5.41) is 0.660. The van der Waals surface area contributed by atoms with Gasteiger partial charge < -0.3 is 10.7 Å². The maximum Gasteiger partial charge on any atom is 0.127 e. The van der Waals surface area contributed by atoms with E-state index >= 15 is 0 Å². The van der Waals surface area contributed by atoms with Crippen LogP contribution in [-0.2, 0) is 5.54 Å². The SMILES string of the molecule is CCCC(C)(N)c1nc2c(Cl)cccc2[nH]1. The van der Waals surface area contributed by atoms with Crippen LogP contribution in [0.15, 0.2) is 18.2 Å². The van der Waals surface area contributed by atoms with Crippen molar-refractivity contribution in [1.82, 2.24) is 9.97 Å². The molecule has 0 amide bonds. The molecule has 0 radical (unpaired) electrons. The molecule has 1 atom stereocenters. The van der Waals surface area contributed by atoms with E-state index in [9.17, 15) is 0 Å². The number of hydrogen-bond donors (Lipinski definition) is 2. The zero-order chi connectivity index (χ0) is 11.8. The Kier molecular flexibility index (Phi) is 2.91. The molecule has 0 aliphatic rings. The third-order valence-corrected chi connectivity index (χ3v) is 3.08. The predicted octanol–water partition coefficient (Wildman–Crippen LogP) is 3.19. The molecule has 0 spiro atoms. The molecule has 0 fully saturated rings. The highest BCUT2D eigenvalue weighted by atomic mass is 35.5. The van der Waals surface area contributed by atoms with E-state index in [1.54, 1.807) is 0 Å². The summed E-state index contributed by atoms with van der Waals surface area (Å²) in [6.07, 6.45) is 1.92. The van der Waals surface area contributed by atoms with Crippen LogP contribution >= 0.6 is 11.6 Å². The zero-order valence-electron chi connectivity index (χ0n) is 9.55. The number of benzene rings is 1. The normalized spacial score (nSPS) is 15.2. The standard InChI is InChI=1S/C12H16ClN3/c1-3-7-12(2,14)11-15-9-6-4-5-8(13)10(9)16-11/h4-6H,3,7,14H2,1-2H3,(H,15,16). The van der Waals surface area contributed by atoms with Gasteiger partial charge in [0.15, 0.2) is 0 Å². The van der Waals surface area contributed by atoms with Gasteiger partial charge in [-0.3, -0.25) is 0 Å². The predicted molar refractivity (Wildman–Crippen MR) is 67.6 cm³/mol. The number of aromatic nitrogens is 2. The maximum absolute atomic E-state index is 6.23. The molecule has 16 heavy (non-hydrogen) atoms. The number of H-pyrrole nitrogens is 1. The van der Waals surface area contributed by atoms with Gasteiger partial charge in [-0.2, -0.15) is 0 Å². The van der Waals surface area contributed by atoms with Crippen molar-refractivity contribution in [3.05, 3.63) is 29.0 Å². The fourth-order valence-corrected chi connectivity index (χ4v) is 2.12. The minimum atomic E-state index is -0.420. The maximum atomic E-state index is 6.23. The Balaban J connectivity index is 2.51. The molecule has 3 N–H and O–H groups in total. The number of imidazole rings is 1. The number of hydrogen-bond acceptors (Lipinski definition) is 2. The molecule has 1 aromatic heterocycles. The Morgan fingerprint density at radius 1 is 1.50 bits per heavy atom. The second kappa shape index (κ2) is 4.07. The molecule has 1 aromatic carbocycles. The van der Waals surface area contributed by atoms with Gasteiger partial charge in [0.05, 0.1) is 16.1 Å². The smallest absolute Gasteiger partial charge is 0.127 e. The highest BCUT2D eigenvalue weighted by Gasteiger charge is 2.24. The number of fused-ring (bicyclic) bond motifs is 1. The van der Waals surface area contributed by atoms with Crippen molar-refractivity contribution < 1.29 is 0 Å². The van der Waals surface area contributed by atoms with Gasteiger partial charge in [0.2, 0.25) is 0 Å². The Hall–Kier alpha value is -1.06. The minimum Gasteiger partial charge on any atom is -0.340 e. The lowest BCUT2D eigenvalue weighted by Crippen LogP contribution is -2.34. The van der Waals surface area contributed by atoms with Crippen molar-refractivity contribution in [2.75, 3.05) is 0 Å². The van der Waals surface area contributed by atoms with Crippen LogP contribution < -0.4 is 5.73 Å². The molecule has 0 aliphatic heterocycles. The molecule has 2 rings (SSSR count). The van der Waals surface area contributed by atoms with Crippen LogP contribution in [0.4, 0.5) is 0 Å². The Bertz CT molecular complexity index is 502. The summed E-state index contributed by atoms with van der Waals surface area (Å²) >= 11 is 6.07. The summed E-state index contributed by atoms with van der Waals surface area (Å²) in [7, 11) is 0. The monoisotopic (exact) mass is 237 g/mol. The van der Waals surface area contributed by atoms with Gasteiger partial charge in [-0.15, -0.1) is 0 Å². The van der Waals surface area contributed by atoms with Gasteiger partial charge in [-0.25, -0.2) is 4.98 Å². The first-order chi connectivity index (χ1) is 7.54. The molecule has 1 unspecified atom stereocenters. The number of aromatic amines is 1. The molecule has 0 aliphatic carbocycles. The number of rotatable bonds is 3. The molecule has 0 saturated carbocycles. The van der Waals surface area contributed by atoms with Gasteiger partial charge in [0.25, 0.3) is 0 Å². The fourth-order valence-electron chi connectivity index (χ4n) is 1.91. The average molecular weight is 238 g/mol. The van der Waals surface area contributed by atoms with Crippen molar-refractivity contribution in [2.24, 2.45) is 5.73 Å². The van der Waals surface area contributed by atoms with Crippen LogP contribution in [0.3, 0.4) is 0 Å². The van der Waals surface area contributed by atoms with E-state index in [-0.39, 0.29) is 0 Å². The first-order valence-corrected chi connectivity index (χ1v) is 5.86. The molecule has 0 bridgehead atoms. The van der Waals surface area contributed by atoms with Gasteiger partial charge in [0.1, 0.15) is 11.3 Å². The molecule has 0 saturated heterocycles. The van der Waals surface area contributed by atoms with Gasteiger partial charge >= 0.3 is 0 Å². The first kappa shape index (κ1) is 11.4. The molecular formula is C12H16ClN3. The van der Waals surface area contributed by atoms with Crippen LogP contribution in [-0.4, -0.2) is 9.97 Å². The number of halogens is 1. The van der Waals surface area contributed by atoms with Gasteiger partial charge in [0, 0.05) is 0 Å². The van der Waals surface area contributed by atoms with Crippen LogP contribution in [0.1, 0.15) is 32.5 Å². The summed E-state index contributed by atoms with van der Waals surface area (Å²) in [4.78, 5) is 7.73. The second-order valence-electron chi connectivity index (χ2n) is 4.39. The number of para-hydroxylation sites is 1. The summed E-state index contributed by atoms with van der Waals surface area (Å²) < 4.78 is 0. The van der Waals surface area contributed by atoms with E-state index in [1.165, 1.54) is 0 Å². The van der Waals surface area contributed by atoms with Crippen LogP contribution in [0.25, 0.3) is 11.0 Å². The van der Waals surface area contributed by atoms with E-state index < -0.39 is 5.54 Å². The van der Waals surface area contributed by atoms with Crippen LogP contribution in [0.5, 0.6) is 0 Å². The zero-order valence-corrected chi connectivity index (χ0v) is 10.3. The van der Waals surface area contributed by atoms with E-state index in [2.05, 4.69) is 16.9 Å². The van der Waals surface area contributed by atoms with E-state index in [0.29, 0.717) is 5.02 Å². The van der Waals surface area contributed by atoms with E-state index in [4.69, 9.17) is 17.3 Å². The third-order valence-electron chi connectivity index (χ3n) is 2.77. The summed E-state index contributed by atoms with van der Waals surface area (Å²) in [5.74, 6) is 0.803. The highest BCUT2D eigenvalue weighted by molar-refractivity contribution is 6.34. The van der Waals surface area contributed by atoms with Gasteiger partial charge in [-0.1, -0.05) is 31.0 Å². The summed E-state index contributed by atoms with van der Waals surface area (Å²) in [6, 6.07) is 5.70. The summed E-state index contributed by atoms with van der Waals surface area (Å²) in [6.45, 7) is 4.10. The molecule has 3 nitrogen and oxygen atoms in total. The largest absolute Gasteiger partial charge is 0.340 e. The lowest BCUT2D eigenvalue weighted by Gasteiger charge is -2.20. The van der Waals surface area contributed by atoms with Crippen molar-refractivity contribution in [3.8, 4) is 0 Å². The van der Waals surface area contributed by atoms with Crippen molar-refractivity contribution in [3.63, 3.8) is 0 Å². The molecule has 86 valence electrons. The fraction of sp³-hybridized carbons (Fsp3) is 0.417. The Labute approximate surface area is 100 Å². The summed E-state index contributed by atoms with van der Waals surface area (Å²) in [5.41, 5.74) is 7.54. The number of nitrogens with one attached hydrogen (secondary N) is 1. The lowest BCUT2D eigenvalue weighted by atomic mass is 9.97. The third kappa shape index (κ3) is 1.93. The van der Waals surface area contributed by atoms with Crippen LogP contribution in [0, 0.1) is 0 Å². The average Bonchev–Trinajstić information content (AvgIpc) is 2.63. The highest BCUT2D eigenvalue weighted by Crippen LogP contribution is 2.26. The van der Waals surface area contributed by atoms with E-state index in [0.717, 1.165) is 29.7 Å². The van der Waals surface area contributed by atoms with Crippen molar-refractivity contribution in [1.29, 1.82) is 0 Å². The van der Waals surface area contributed by atoms with Crippen molar-refractivity contribution in [2.45, 2.75) is 32.2 Å². The quantitative estimate of drug-likeness (QED) is 0.862. The molecule has 2 aromatic rings. The molecule has 1 heterocycles. The number of nitrogens with zero attached hydrogens (tertiary/aromatic N) is 1. The first-order valence-electron chi connectivity index (χ1n) is 5.48. The lowest BCUT2D eigenvalue weighted by molar-refractivity contribution is 0.424. The topological polar surface area (TPSA) is 54.7 Å². The van der Waals surface area contributed by atoms with Gasteiger partial charge in [-0.05, 0) is 25.5 Å². The van der Waals surface area contributed by atoms with Crippen LogP contribution in [0.2, 0.25) is 5.02 Å². The Morgan fingerprint density at radius 3 is 2.88 bits per heavy atom. The van der Waals surface area contributed by atoms with Crippen molar-refractivity contribution >= 4 is 22.6 Å². The minimum absolute atomic E-state index is 0.420. The Morgan fingerprint density at radius 2 is 2.25 bits per heavy atom. The molecule has 4 heteroatoms.